The van der Waals surface area contributed by atoms with Crippen molar-refractivity contribution >= 4 is 10.0 Å². The fourth-order valence-electron chi connectivity index (χ4n) is 2.30. The molecule has 1 aromatic rings. The third kappa shape index (κ3) is 2.88. The highest BCUT2D eigenvalue weighted by Gasteiger charge is 2.40. The topological polar surface area (TPSA) is 84.7 Å². The Morgan fingerprint density at radius 3 is 2.70 bits per heavy atom. The molecule has 1 saturated heterocycles. The van der Waals surface area contributed by atoms with Crippen LogP contribution in [0.5, 0.6) is 0 Å². The van der Waals surface area contributed by atoms with Gasteiger partial charge in [0.2, 0.25) is 0 Å². The van der Waals surface area contributed by atoms with E-state index in [9.17, 15) is 13.5 Å². The second kappa shape index (κ2) is 5.10. The number of aryl methyl sites for hydroxylation is 2. The molecule has 1 unspecified atom stereocenters. The number of sulfonamides is 1. The summed E-state index contributed by atoms with van der Waals surface area (Å²) in [5, 5.41) is 9.29. The molecule has 0 aromatic carbocycles. The SMILES string of the molecule is Cc1nc(S(=O)(=O)N2CC(CO)OC(C)(C)C2)cn1C. The van der Waals surface area contributed by atoms with Crippen molar-refractivity contribution in [1.82, 2.24) is 13.9 Å². The van der Waals surface area contributed by atoms with Gasteiger partial charge in [0.15, 0.2) is 5.03 Å². The van der Waals surface area contributed by atoms with E-state index in [0.29, 0.717) is 5.82 Å². The minimum atomic E-state index is -3.67. The molecule has 1 aromatic heterocycles. The zero-order valence-corrected chi connectivity index (χ0v) is 13.0. The second-order valence-electron chi connectivity index (χ2n) is 5.72. The molecule has 1 aliphatic rings. The molecule has 1 N–H and O–H groups in total. The van der Waals surface area contributed by atoms with Crippen LogP contribution in [-0.2, 0) is 21.8 Å². The number of hydrogen-bond donors (Lipinski definition) is 1. The summed E-state index contributed by atoms with van der Waals surface area (Å²) in [7, 11) is -1.92. The maximum absolute atomic E-state index is 12.6. The Morgan fingerprint density at radius 1 is 1.55 bits per heavy atom. The number of aliphatic hydroxyl groups is 1. The molecular formula is C12H21N3O4S. The lowest BCUT2D eigenvalue weighted by molar-refractivity contribution is -0.131. The van der Waals surface area contributed by atoms with E-state index in [1.807, 2.05) is 0 Å². The van der Waals surface area contributed by atoms with E-state index in [2.05, 4.69) is 4.98 Å². The molecule has 2 heterocycles. The summed E-state index contributed by atoms with van der Waals surface area (Å²) in [5.74, 6) is 0.634. The minimum Gasteiger partial charge on any atom is -0.394 e. The molecule has 0 amide bonds. The van der Waals surface area contributed by atoms with Gasteiger partial charge in [-0.1, -0.05) is 0 Å². The Hall–Kier alpha value is -0.960. The molecular weight excluding hydrogens is 282 g/mol. The van der Waals surface area contributed by atoms with Crippen LogP contribution in [-0.4, -0.2) is 58.8 Å². The van der Waals surface area contributed by atoms with E-state index in [1.165, 1.54) is 10.5 Å². The van der Waals surface area contributed by atoms with Gasteiger partial charge in [0.1, 0.15) is 5.82 Å². The van der Waals surface area contributed by atoms with Gasteiger partial charge in [-0.25, -0.2) is 13.4 Å². The van der Waals surface area contributed by atoms with Crippen molar-refractivity contribution in [2.45, 2.75) is 37.5 Å². The molecule has 1 aliphatic heterocycles. The summed E-state index contributed by atoms with van der Waals surface area (Å²) in [5.41, 5.74) is -0.636. The summed E-state index contributed by atoms with van der Waals surface area (Å²) < 4.78 is 33.9. The van der Waals surface area contributed by atoms with Crippen LogP contribution in [0.3, 0.4) is 0 Å². The average molecular weight is 303 g/mol. The molecule has 1 fully saturated rings. The van der Waals surface area contributed by atoms with Crippen LogP contribution in [0.15, 0.2) is 11.2 Å². The molecule has 1 atom stereocenters. The molecule has 8 heteroatoms. The molecule has 20 heavy (non-hydrogen) atoms. The van der Waals surface area contributed by atoms with Crippen LogP contribution in [0.1, 0.15) is 19.7 Å². The Kier molecular flexibility index (Phi) is 3.94. The predicted molar refractivity (Wildman–Crippen MR) is 72.7 cm³/mol. The third-order valence-corrected chi connectivity index (χ3v) is 5.03. The van der Waals surface area contributed by atoms with E-state index in [0.717, 1.165) is 0 Å². The standard InChI is InChI=1S/C12H21N3O4S/c1-9-13-11(6-14(9)4)20(17,18)15-5-10(7-16)19-12(2,3)8-15/h6,10,16H,5,7-8H2,1-4H3. The molecule has 2 rings (SSSR count). The summed E-state index contributed by atoms with van der Waals surface area (Å²) in [6, 6.07) is 0. The van der Waals surface area contributed by atoms with Gasteiger partial charge < -0.3 is 14.4 Å². The van der Waals surface area contributed by atoms with Crippen molar-refractivity contribution in [1.29, 1.82) is 0 Å². The second-order valence-corrected chi connectivity index (χ2v) is 7.60. The summed E-state index contributed by atoms with van der Waals surface area (Å²) in [6.07, 6.45) is 0.986. The third-order valence-electron chi connectivity index (χ3n) is 3.34. The monoisotopic (exact) mass is 303 g/mol. The first-order valence-electron chi connectivity index (χ1n) is 6.44. The van der Waals surface area contributed by atoms with Gasteiger partial charge in [-0.3, -0.25) is 0 Å². The molecule has 0 spiro atoms. The normalized spacial score (nSPS) is 23.9. The van der Waals surface area contributed by atoms with E-state index < -0.39 is 21.7 Å². The number of aliphatic hydroxyl groups excluding tert-OH is 1. The summed E-state index contributed by atoms with van der Waals surface area (Å²) >= 11 is 0. The smallest absolute Gasteiger partial charge is 0.262 e. The number of rotatable bonds is 3. The lowest BCUT2D eigenvalue weighted by Crippen LogP contribution is -2.55. The lowest BCUT2D eigenvalue weighted by atomic mass is 10.1. The van der Waals surface area contributed by atoms with Gasteiger partial charge in [-0.2, -0.15) is 4.31 Å². The number of morpholine rings is 1. The largest absolute Gasteiger partial charge is 0.394 e. The van der Waals surface area contributed by atoms with Crippen LogP contribution in [0.4, 0.5) is 0 Å². The number of imidazole rings is 1. The highest BCUT2D eigenvalue weighted by atomic mass is 32.2. The minimum absolute atomic E-state index is 0.0342. The zero-order chi connectivity index (χ0) is 15.1. The molecule has 0 bridgehead atoms. The van der Waals surface area contributed by atoms with E-state index in [-0.39, 0.29) is 24.7 Å². The molecule has 7 nitrogen and oxygen atoms in total. The van der Waals surface area contributed by atoms with Crippen molar-refractivity contribution in [3.05, 3.63) is 12.0 Å². The van der Waals surface area contributed by atoms with Gasteiger partial charge >= 0.3 is 0 Å². The number of nitrogens with zero attached hydrogens (tertiary/aromatic N) is 3. The van der Waals surface area contributed by atoms with Crippen molar-refractivity contribution < 1.29 is 18.3 Å². The quantitative estimate of drug-likeness (QED) is 0.842. The van der Waals surface area contributed by atoms with E-state index in [4.69, 9.17) is 4.74 Å². The predicted octanol–water partition coefficient (Wildman–Crippen LogP) is -0.111. The van der Waals surface area contributed by atoms with Crippen LogP contribution >= 0.6 is 0 Å². The molecule has 0 aliphatic carbocycles. The Bertz CT molecular complexity index is 574. The van der Waals surface area contributed by atoms with Crippen molar-refractivity contribution in [2.75, 3.05) is 19.7 Å². The van der Waals surface area contributed by atoms with Gasteiger partial charge in [0.25, 0.3) is 10.0 Å². The summed E-state index contributed by atoms with van der Waals surface area (Å²) in [4.78, 5) is 4.09. The first kappa shape index (κ1) is 15.4. The lowest BCUT2D eigenvalue weighted by Gasteiger charge is -2.41. The van der Waals surface area contributed by atoms with Gasteiger partial charge in [-0.05, 0) is 20.8 Å². The van der Waals surface area contributed by atoms with Crippen LogP contribution in [0.2, 0.25) is 0 Å². The molecule has 0 radical (unpaired) electrons. The highest BCUT2D eigenvalue weighted by Crippen LogP contribution is 2.26. The highest BCUT2D eigenvalue weighted by molar-refractivity contribution is 7.89. The average Bonchev–Trinajstić information content (AvgIpc) is 2.68. The van der Waals surface area contributed by atoms with Gasteiger partial charge in [0, 0.05) is 26.3 Å². The van der Waals surface area contributed by atoms with E-state index >= 15 is 0 Å². The maximum Gasteiger partial charge on any atom is 0.262 e. The van der Waals surface area contributed by atoms with Crippen molar-refractivity contribution in [3.8, 4) is 0 Å². The number of hydrogen-bond acceptors (Lipinski definition) is 5. The molecule has 0 saturated carbocycles. The van der Waals surface area contributed by atoms with Crippen molar-refractivity contribution in [2.24, 2.45) is 7.05 Å². The number of aromatic nitrogens is 2. The first-order chi connectivity index (χ1) is 9.15. The zero-order valence-electron chi connectivity index (χ0n) is 12.2. The Balaban J connectivity index is 2.33. The fraction of sp³-hybridized carbons (Fsp3) is 0.750. The number of ether oxygens (including phenoxy) is 1. The molecule has 114 valence electrons. The Morgan fingerprint density at radius 2 is 2.20 bits per heavy atom. The first-order valence-corrected chi connectivity index (χ1v) is 7.88. The van der Waals surface area contributed by atoms with Crippen LogP contribution < -0.4 is 0 Å². The fourth-order valence-corrected chi connectivity index (χ4v) is 3.95. The van der Waals surface area contributed by atoms with E-state index in [1.54, 1.807) is 32.4 Å². The van der Waals surface area contributed by atoms with Crippen molar-refractivity contribution in [3.63, 3.8) is 0 Å². The van der Waals surface area contributed by atoms with Gasteiger partial charge in [-0.15, -0.1) is 0 Å². The van der Waals surface area contributed by atoms with Crippen LogP contribution in [0, 0.1) is 6.92 Å². The summed E-state index contributed by atoms with van der Waals surface area (Å²) in [6.45, 7) is 5.52. The Labute approximate surface area is 119 Å². The van der Waals surface area contributed by atoms with Crippen LogP contribution in [0.25, 0.3) is 0 Å². The van der Waals surface area contributed by atoms with Gasteiger partial charge in [0.05, 0.1) is 18.3 Å². The maximum atomic E-state index is 12.6.